The Bertz CT molecular complexity index is 1280. The summed E-state index contributed by atoms with van der Waals surface area (Å²) < 4.78 is 6.83. The molecule has 0 aliphatic carbocycles. The van der Waals surface area contributed by atoms with Crippen LogP contribution in [0.2, 0.25) is 0 Å². The molecule has 3 unspecified atom stereocenters. The van der Waals surface area contributed by atoms with Crippen LogP contribution in [0.25, 0.3) is 0 Å². The van der Waals surface area contributed by atoms with Crippen molar-refractivity contribution in [2.24, 2.45) is 5.41 Å². The molecule has 1 heteroatoms. The molecule has 40 heavy (non-hydrogen) atoms. The van der Waals surface area contributed by atoms with Gasteiger partial charge in [0.25, 0.3) is 0 Å². The molecule has 0 bridgehead atoms. The summed E-state index contributed by atoms with van der Waals surface area (Å²) in [5.41, 5.74) is 9.20. The van der Waals surface area contributed by atoms with Gasteiger partial charge in [-0.1, -0.05) is 145 Å². The summed E-state index contributed by atoms with van der Waals surface area (Å²) in [4.78, 5) is 0. The molecule has 4 aromatic rings. The molecule has 4 rings (SSSR count). The van der Waals surface area contributed by atoms with Crippen molar-refractivity contribution in [1.82, 2.24) is 0 Å². The van der Waals surface area contributed by atoms with E-state index in [9.17, 15) is 0 Å². The minimum Gasteiger partial charge on any atom is -0.371 e. The van der Waals surface area contributed by atoms with Crippen molar-refractivity contribution >= 4 is 0 Å². The van der Waals surface area contributed by atoms with Crippen LogP contribution in [-0.4, -0.2) is 6.61 Å². The van der Waals surface area contributed by atoms with E-state index in [2.05, 4.69) is 159 Å². The van der Waals surface area contributed by atoms with Crippen molar-refractivity contribution in [3.63, 3.8) is 0 Å². The van der Waals surface area contributed by atoms with Crippen molar-refractivity contribution < 1.29 is 4.74 Å². The predicted molar refractivity (Wildman–Crippen MR) is 171 cm³/mol. The molecule has 0 spiro atoms. The summed E-state index contributed by atoms with van der Waals surface area (Å²) in [6, 6.07) is 37.7. The summed E-state index contributed by atoms with van der Waals surface area (Å²) in [6.45, 7) is 19.2. The molecule has 4 aromatic carbocycles. The lowest BCUT2D eigenvalue weighted by Crippen LogP contribution is -2.29. The molecular weight excluding hydrogens is 484 g/mol. The fourth-order valence-corrected chi connectivity index (χ4v) is 5.80. The summed E-state index contributed by atoms with van der Waals surface area (Å²) >= 11 is 0. The zero-order valence-electron chi connectivity index (χ0n) is 25.9. The molecule has 0 aliphatic heterocycles. The average molecular weight is 533 g/mol. The van der Waals surface area contributed by atoms with E-state index in [0.717, 1.165) is 13.0 Å². The SMILES string of the molecule is CC(c1ccccc1)c1cc(C(C)c2ccccc2)c(C(C)(C)OCCC(C)(C)C)c(C(C)c2ccccc2)c1. The normalized spacial score (nSPS) is 14.5. The van der Waals surface area contributed by atoms with Crippen molar-refractivity contribution in [2.45, 2.75) is 85.2 Å². The second-order valence-electron chi connectivity index (χ2n) is 13.1. The second-order valence-corrected chi connectivity index (χ2v) is 13.1. The van der Waals surface area contributed by atoms with Crippen LogP contribution >= 0.6 is 0 Å². The van der Waals surface area contributed by atoms with Crippen LogP contribution in [0.4, 0.5) is 0 Å². The topological polar surface area (TPSA) is 9.23 Å². The number of ether oxygens (including phenoxy) is 1. The minimum atomic E-state index is -0.448. The maximum Gasteiger partial charge on any atom is 0.0881 e. The fourth-order valence-electron chi connectivity index (χ4n) is 5.80. The third kappa shape index (κ3) is 7.12. The van der Waals surface area contributed by atoms with E-state index in [0.29, 0.717) is 0 Å². The molecule has 0 heterocycles. The van der Waals surface area contributed by atoms with E-state index in [4.69, 9.17) is 4.74 Å². The molecular formula is C39H48O. The van der Waals surface area contributed by atoms with Gasteiger partial charge in [-0.05, 0) is 64.6 Å². The Kier molecular flexibility index (Phi) is 9.37. The van der Waals surface area contributed by atoms with Crippen LogP contribution < -0.4 is 0 Å². The van der Waals surface area contributed by atoms with Crippen molar-refractivity contribution in [3.05, 3.63) is 142 Å². The highest BCUT2D eigenvalue weighted by Crippen LogP contribution is 2.44. The smallest absolute Gasteiger partial charge is 0.0881 e. The predicted octanol–water partition coefficient (Wildman–Crippen LogP) is 10.8. The minimum absolute atomic E-state index is 0.228. The van der Waals surface area contributed by atoms with Crippen LogP contribution in [0.15, 0.2) is 103 Å². The summed E-state index contributed by atoms with van der Waals surface area (Å²) in [7, 11) is 0. The van der Waals surface area contributed by atoms with Gasteiger partial charge in [0.2, 0.25) is 0 Å². The van der Waals surface area contributed by atoms with E-state index >= 15 is 0 Å². The van der Waals surface area contributed by atoms with Gasteiger partial charge < -0.3 is 4.74 Å². The molecule has 0 aliphatic rings. The molecule has 0 N–H and O–H groups in total. The Morgan fingerprint density at radius 3 is 1.27 bits per heavy atom. The van der Waals surface area contributed by atoms with Gasteiger partial charge in [-0.3, -0.25) is 0 Å². The summed E-state index contributed by atoms with van der Waals surface area (Å²) in [5.74, 6) is 0.737. The lowest BCUT2D eigenvalue weighted by molar-refractivity contribution is -0.0330. The first-order chi connectivity index (χ1) is 19.0. The first-order valence-electron chi connectivity index (χ1n) is 14.9. The van der Waals surface area contributed by atoms with Gasteiger partial charge in [0.05, 0.1) is 5.60 Å². The standard InChI is InChI=1S/C39H48O/c1-28(31-18-12-9-13-19-31)34-26-35(29(2)32-20-14-10-15-21-32)37(39(7,8)40-25-24-38(4,5)6)36(27-34)30(3)33-22-16-11-17-23-33/h9-23,26-30H,24-25H2,1-8H3. The van der Waals surface area contributed by atoms with E-state index in [1.54, 1.807) is 0 Å². The molecule has 0 fully saturated rings. The van der Waals surface area contributed by atoms with Gasteiger partial charge in [0, 0.05) is 24.4 Å². The quantitative estimate of drug-likeness (QED) is 0.197. The fraction of sp³-hybridized carbons (Fsp3) is 0.385. The van der Waals surface area contributed by atoms with Gasteiger partial charge in [0.1, 0.15) is 0 Å². The van der Waals surface area contributed by atoms with Gasteiger partial charge >= 0.3 is 0 Å². The molecule has 0 amide bonds. The summed E-state index contributed by atoms with van der Waals surface area (Å²) in [6.07, 6.45) is 1.02. The van der Waals surface area contributed by atoms with Crippen LogP contribution in [0.1, 0.15) is 119 Å². The highest BCUT2D eigenvalue weighted by atomic mass is 16.5. The highest BCUT2D eigenvalue weighted by Gasteiger charge is 2.33. The third-order valence-electron chi connectivity index (χ3n) is 8.47. The zero-order valence-corrected chi connectivity index (χ0v) is 25.9. The Balaban J connectivity index is 1.95. The van der Waals surface area contributed by atoms with E-state index in [1.807, 2.05) is 0 Å². The maximum atomic E-state index is 6.83. The Morgan fingerprint density at radius 1 is 0.525 bits per heavy atom. The lowest BCUT2D eigenvalue weighted by Gasteiger charge is -2.36. The van der Waals surface area contributed by atoms with Crippen molar-refractivity contribution in [2.75, 3.05) is 6.61 Å². The second kappa shape index (κ2) is 12.6. The van der Waals surface area contributed by atoms with Crippen LogP contribution in [0.5, 0.6) is 0 Å². The Morgan fingerprint density at radius 2 is 0.900 bits per heavy atom. The lowest BCUT2D eigenvalue weighted by atomic mass is 9.74. The van der Waals surface area contributed by atoms with Crippen LogP contribution in [0.3, 0.4) is 0 Å². The van der Waals surface area contributed by atoms with E-state index < -0.39 is 5.60 Å². The Labute approximate surface area is 243 Å². The third-order valence-corrected chi connectivity index (χ3v) is 8.47. The number of benzene rings is 4. The monoisotopic (exact) mass is 532 g/mol. The average Bonchev–Trinajstić information content (AvgIpc) is 2.95. The molecule has 0 saturated carbocycles. The first kappa shape index (κ1) is 29.8. The maximum absolute atomic E-state index is 6.83. The van der Waals surface area contributed by atoms with Gasteiger partial charge in [-0.25, -0.2) is 0 Å². The van der Waals surface area contributed by atoms with Gasteiger partial charge in [-0.15, -0.1) is 0 Å². The summed E-state index contributed by atoms with van der Waals surface area (Å²) in [5, 5.41) is 0. The largest absolute Gasteiger partial charge is 0.371 e. The molecule has 0 radical (unpaired) electrons. The first-order valence-corrected chi connectivity index (χ1v) is 14.9. The van der Waals surface area contributed by atoms with Crippen molar-refractivity contribution in [1.29, 1.82) is 0 Å². The number of hydrogen-bond donors (Lipinski definition) is 0. The molecule has 210 valence electrons. The number of hydrogen-bond acceptors (Lipinski definition) is 1. The van der Waals surface area contributed by atoms with E-state index in [1.165, 1.54) is 38.9 Å². The molecule has 0 aromatic heterocycles. The van der Waals surface area contributed by atoms with Gasteiger partial charge in [-0.2, -0.15) is 0 Å². The molecule has 1 nitrogen and oxygen atoms in total. The zero-order chi connectivity index (χ0) is 28.9. The molecule has 0 saturated heterocycles. The number of rotatable bonds is 10. The Hall–Kier alpha value is -3.16. The van der Waals surface area contributed by atoms with Crippen LogP contribution in [0, 0.1) is 5.41 Å². The highest BCUT2D eigenvalue weighted by molar-refractivity contribution is 5.52. The van der Waals surface area contributed by atoms with Crippen LogP contribution in [-0.2, 0) is 10.3 Å². The molecule has 3 atom stereocenters. The van der Waals surface area contributed by atoms with Gasteiger partial charge in [0.15, 0.2) is 0 Å². The van der Waals surface area contributed by atoms with E-state index in [-0.39, 0.29) is 23.2 Å². The van der Waals surface area contributed by atoms with Crippen molar-refractivity contribution in [3.8, 4) is 0 Å².